The van der Waals surface area contributed by atoms with Crippen molar-refractivity contribution in [1.82, 2.24) is 0 Å². The van der Waals surface area contributed by atoms with Crippen molar-refractivity contribution in [2.75, 3.05) is 6.61 Å². The number of esters is 1. The molecule has 0 aromatic carbocycles. The van der Waals surface area contributed by atoms with Crippen molar-refractivity contribution in [3.63, 3.8) is 0 Å². The molecule has 0 saturated heterocycles. The highest BCUT2D eigenvalue weighted by Gasteiger charge is 2.06. The second kappa shape index (κ2) is 7.96. The van der Waals surface area contributed by atoms with E-state index in [9.17, 15) is 4.79 Å². The van der Waals surface area contributed by atoms with Crippen LogP contribution in [-0.4, -0.2) is 12.6 Å². The Hall–Kier alpha value is -1.26. The summed E-state index contributed by atoms with van der Waals surface area (Å²) in [6, 6.07) is 3.37. The fourth-order valence-electron chi connectivity index (χ4n) is 1.12. The van der Waals surface area contributed by atoms with Gasteiger partial charge >= 0.3 is 5.97 Å². The van der Waals surface area contributed by atoms with E-state index in [1.54, 1.807) is 25.3 Å². The Kier molecular flexibility index (Phi) is 7.33. The number of hydrogen-bond donors (Lipinski definition) is 1. The predicted octanol–water partition coefficient (Wildman–Crippen LogP) is 2.21. The van der Waals surface area contributed by atoms with Crippen LogP contribution in [-0.2, 0) is 9.53 Å². The van der Waals surface area contributed by atoms with Gasteiger partial charge in [-0.2, -0.15) is 0 Å². The van der Waals surface area contributed by atoms with Gasteiger partial charge in [-0.3, -0.25) is 0 Å². The summed E-state index contributed by atoms with van der Waals surface area (Å²) < 4.78 is 9.85. The Labute approximate surface area is 101 Å². The van der Waals surface area contributed by atoms with Gasteiger partial charge in [-0.15, -0.1) is 12.4 Å². The maximum atomic E-state index is 10.9. The summed E-state index contributed by atoms with van der Waals surface area (Å²) in [5, 5.41) is 0. The first kappa shape index (κ1) is 14.7. The van der Waals surface area contributed by atoms with E-state index >= 15 is 0 Å². The molecule has 0 amide bonds. The van der Waals surface area contributed by atoms with Crippen LogP contribution in [0, 0.1) is 0 Å². The SMILES string of the molecule is CCOC(=O)/C=C/C[C@H](N)c1ccco1.Cl. The second-order valence-electron chi connectivity index (χ2n) is 3.01. The molecule has 0 unspecified atom stereocenters. The molecule has 1 heterocycles. The molecule has 0 fully saturated rings. The molecule has 0 aliphatic carbocycles. The Morgan fingerprint density at radius 2 is 2.44 bits per heavy atom. The molecule has 1 rings (SSSR count). The smallest absolute Gasteiger partial charge is 0.330 e. The summed E-state index contributed by atoms with van der Waals surface area (Å²) in [6.45, 7) is 2.15. The number of nitrogens with two attached hydrogens (primary N) is 1. The highest BCUT2D eigenvalue weighted by Crippen LogP contribution is 2.14. The second-order valence-corrected chi connectivity index (χ2v) is 3.01. The quantitative estimate of drug-likeness (QED) is 0.638. The highest BCUT2D eigenvalue weighted by atomic mass is 35.5. The van der Waals surface area contributed by atoms with Crippen molar-refractivity contribution in [3.8, 4) is 0 Å². The Morgan fingerprint density at radius 3 is 3.00 bits per heavy atom. The summed E-state index contributed by atoms with van der Waals surface area (Å²) in [7, 11) is 0. The van der Waals surface area contributed by atoms with Crippen LogP contribution in [0.5, 0.6) is 0 Å². The van der Waals surface area contributed by atoms with Gasteiger partial charge in [0, 0.05) is 6.08 Å². The van der Waals surface area contributed by atoms with Crippen molar-refractivity contribution in [1.29, 1.82) is 0 Å². The molecule has 0 bridgehead atoms. The van der Waals surface area contributed by atoms with E-state index in [1.807, 2.05) is 6.07 Å². The van der Waals surface area contributed by atoms with Gasteiger partial charge in [-0.05, 0) is 25.5 Å². The van der Waals surface area contributed by atoms with E-state index in [1.165, 1.54) is 6.08 Å². The Morgan fingerprint density at radius 1 is 1.69 bits per heavy atom. The molecule has 0 aliphatic rings. The molecular formula is C11H16ClNO3. The molecule has 0 saturated carbocycles. The van der Waals surface area contributed by atoms with Gasteiger partial charge in [-0.25, -0.2) is 4.79 Å². The van der Waals surface area contributed by atoms with Gasteiger partial charge in [0.1, 0.15) is 5.76 Å². The van der Waals surface area contributed by atoms with E-state index < -0.39 is 0 Å². The van der Waals surface area contributed by atoms with Crippen molar-refractivity contribution in [3.05, 3.63) is 36.3 Å². The van der Waals surface area contributed by atoms with E-state index in [2.05, 4.69) is 0 Å². The number of halogens is 1. The minimum absolute atomic E-state index is 0. The number of ether oxygens (including phenoxy) is 1. The van der Waals surface area contributed by atoms with Gasteiger partial charge in [0.05, 0.1) is 18.9 Å². The molecule has 0 aliphatic heterocycles. The molecule has 0 radical (unpaired) electrons. The zero-order valence-corrected chi connectivity index (χ0v) is 9.91. The topological polar surface area (TPSA) is 65.5 Å². The molecule has 2 N–H and O–H groups in total. The minimum Gasteiger partial charge on any atom is -0.468 e. The third-order valence-corrected chi connectivity index (χ3v) is 1.84. The van der Waals surface area contributed by atoms with Crippen LogP contribution in [0.4, 0.5) is 0 Å². The number of hydrogen-bond acceptors (Lipinski definition) is 4. The minimum atomic E-state index is -0.343. The number of rotatable bonds is 5. The third-order valence-electron chi connectivity index (χ3n) is 1.84. The summed E-state index contributed by atoms with van der Waals surface area (Å²) >= 11 is 0. The van der Waals surface area contributed by atoms with E-state index in [0.29, 0.717) is 18.8 Å². The van der Waals surface area contributed by atoms with Gasteiger partial charge in [0.15, 0.2) is 0 Å². The van der Waals surface area contributed by atoms with Crippen LogP contribution >= 0.6 is 12.4 Å². The molecule has 4 nitrogen and oxygen atoms in total. The maximum absolute atomic E-state index is 10.9. The summed E-state index contributed by atoms with van der Waals surface area (Å²) in [5.41, 5.74) is 5.80. The monoisotopic (exact) mass is 245 g/mol. The number of carbonyl (C=O) groups is 1. The molecular weight excluding hydrogens is 230 g/mol. The zero-order valence-electron chi connectivity index (χ0n) is 9.09. The van der Waals surface area contributed by atoms with E-state index in [4.69, 9.17) is 14.9 Å². The molecule has 1 aromatic rings. The van der Waals surface area contributed by atoms with Gasteiger partial charge in [0.2, 0.25) is 0 Å². The third kappa shape index (κ3) is 5.00. The molecule has 0 spiro atoms. The zero-order chi connectivity index (χ0) is 11.1. The van der Waals surface area contributed by atoms with Crippen molar-refractivity contribution in [2.24, 2.45) is 5.73 Å². The van der Waals surface area contributed by atoms with Crippen LogP contribution < -0.4 is 5.73 Å². The first-order chi connectivity index (χ1) is 7.24. The van der Waals surface area contributed by atoms with Gasteiger partial charge in [0.25, 0.3) is 0 Å². The molecule has 1 atom stereocenters. The van der Waals surface area contributed by atoms with Crippen LogP contribution in [0.3, 0.4) is 0 Å². The van der Waals surface area contributed by atoms with Crippen LogP contribution in [0.15, 0.2) is 35.0 Å². The lowest BCUT2D eigenvalue weighted by atomic mass is 10.1. The highest BCUT2D eigenvalue weighted by molar-refractivity contribution is 5.85. The van der Waals surface area contributed by atoms with Crippen molar-refractivity contribution in [2.45, 2.75) is 19.4 Å². The van der Waals surface area contributed by atoms with Crippen molar-refractivity contribution < 1.29 is 13.9 Å². The maximum Gasteiger partial charge on any atom is 0.330 e. The van der Waals surface area contributed by atoms with Crippen molar-refractivity contribution >= 4 is 18.4 Å². The van der Waals surface area contributed by atoms with Gasteiger partial charge in [-0.1, -0.05) is 6.08 Å². The Bertz CT molecular complexity index is 322. The predicted molar refractivity (Wildman–Crippen MR) is 63.3 cm³/mol. The largest absolute Gasteiger partial charge is 0.468 e. The van der Waals surface area contributed by atoms with Crippen LogP contribution in [0.1, 0.15) is 25.1 Å². The van der Waals surface area contributed by atoms with Crippen LogP contribution in [0.2, 0.25) is 0 Å². The normalized spacial score (nSPS) is 12.1. The van der Waals surface area contributed by atoms with E-state index in [0.717, 1.165) is 0 Å². The lowest BCUT2D eigenvalue weighted by Gasteiger charge is -2.03. The van der Waals surface area contributed by atoms with Crippen LogP contribution in [0.25, 0.3) is 0 Å². The molecule has 16 heavy (non-hydrogen) atoms. The average molecular weight is 246 g/mol. The lowest BCUT2D eigenvalue weighted by Crippen LogP contribution is -2.08. The fourth-order valence-corrected chi connectivity index (χ4v) is 1.12. The summed E-state index contributed by atoms with van der Waals surface area (Å²) in [6.07, 6.45) is 5.19. The van der Waals surface area contributed by atoms with Gasteiger partial charge < -0.3 is 14.9 Å². The summed E-state index contributed by atoms with van der Waals surface area (Å²) in [4.78, 5) is 10.9. The van der Waals surface area contributed by atoms with E-state index in [-0.39, 0.29) is 24.4 Å². The molecule has 1 aromatic heterocycles. The molecule has 90 valence electrons. The Balaban J connectivity index is 0.00000225. The number of furan rings is 1. The average Bonchev–Trinajstić information content (AvgIpc) is 2.70. The lowest BCUT2D eigenvalue weighted by molar-refractivity contribution is -0.137. The molecule has 5 heteroatoms. The first-order valence-corrected chi connectivity index (χ1v) is 4.86. The standard InChI is InChI=1S/C11H15NO3.ClH/c1-2-14-11(13)7-3-5-9(12)10-6-4-8-15-10;/h3-4,6-9H,2,5,12H2,1H3;1H/b7-3+;/t9-;/m0./s1. The first-order valence-electron chi connectivity index (χ1n) is 4.86. The number of carbonyl (C=O) groups excluding carboxylic acids is 1. The summed E-state index contributed by atoms with van der Waals surface area (Å²) in [5.74, 6) is 0.368. The fraction of sp³-hybridized carbons (Fsp3) is 0.364.